The zero-order valence-corrected chi connectivity index (χ0v) is 14.9. The maximum absolute atomic E-state index is 12.5. The first kappa shape index (κ1) is 17.9. The molecule has 2 saturated heterocycles. The van der Waals surface area contributed by atoms with Crippen molar-refractivity contribution in [2.75, 3.05) is 51.8 Å². The molecule has 0 radical (unpaired) electrons. The largest absolute Gasteiger partial charge is 0.475 e. The Hall–Kier alpha value is -1.86. The molecule has 3 heterocycles. The third-order valence-electron chi connectivity index (χ3n) is 4.87. The molecule has 0 bridgehead atoms. The summed E-state index contributed by atoms with van der Waals surface area (Å²) in [4.78, 5) is 21.2. The van der Waals surface area contributed by atoms with Crippen LogP contribution >= 0.6 is 0 Å². The van der Waals surface area contributed by atoms with Crippen LogP contribution in [0.1, 0.15) is 25.7 Å². The van der Waals surface area contributed by atoms with Crippen LogP contribution in [0, 0.1) is 0 Å². The first-order valence-corrected chi connectivity index (χ1v) is 9.14. The molecule has 0 unspecified atom stereocenters. The van der Waals surface area contributed by atoms with E-state index in [9.17, 15) is 4.79 Å². The van der Waals surface area contributed by atoms with Gasteiger partial charge in [-0.1, -0.05) is 0 Å². The molecule has 7 nitrogen and oxygen atoms in total. The van der Waals surface area contributed by atoms with Gasteiger partial charge in [0.2, 0.25) is 5.88 Å². The number of amides is 2. The van der Waals surface area contributed by atoms with Crippen LogP contribution in [0.25, 0.3) is 0 Å². The van der Waals surface area contributed by atoms with Crippen LogP contribution in [0.2, 0.25) is 0 Å². The average Bonchev–Trinajstić information content (AvgIpc) is 3.18. The average molecular weight is 348 g/mol. The van der Waals surface area contributed by atoms with Crippen LogP contribution in [-0.2, 0) is 4.74 Å². The van der Waals surface area contributed by atoms with E-state index in [2.05, 4.69) is 15.2 Å². The van der Waals surface area contributed by atoms with Gasteiger partial charge < -0.3 is 19.7 Å². The van der Waals surface area contributed by atoms with Gasteiger partial charge in [-0.3, -0.25) is 4.90 Å². The van der Waals surface area contributed by atoms with E-state index in [0.717, 1.165) is 19.5 Å². The van der Waals surface area contributed by atoms with E-state index in [1.54, 1.807) is 19.4 Å². The summed E-state index contributed by atoms with van der Waals surface area (Å²) < 4.78 is 10.4. The number of nitrogens with one attached hydrogen (secondary N) is 1. The molecular formula is C18H28N4O3. The summed E-state index contributed by atoms with van der Waals surface area (Å²) in [5.74, 6) is 0.530. The van der Waals surface area contributed by atoms with Crippen molar-refractivity contribution in [2.45, 2.75) is 31.7 Å². The molecule has 2 fully saturated rings. The summed E-state index contributed by atoms with van der Waals surface area (Å²) in [6.07, 6.45) is 6.46. The lowest BCUT2D eigenvalue weighted by Gasteiger charge is -2.37. The van der Waals surface area contributed by atoms with Gasteiger partial charge in [0.25, 0.3) is 0 Å². The normalized spacial score (nSPS) is 21.3. The fourth-order valence-corrected chi connectivity index (χ4v) is 3.52. The number of hydrogen-bond donors (Lipinski definition) is 1. The van der Waals surface area contributed by atoms with Crippen molar-refractivity contribution < 1.29 is 14.3 Å². The highest BCUT2D eigenvalue weighted by Gasteiger charge is 2.29. The number of aromatic nitrogens is 1. The second-order valence-corrected chi connectivity index (χ2v) is 6.64. The van der Waals surface area contributed by atoms with Gasteiger partial charge in [-0.25, -0.2) is 9.78 Å². The maximum Gasteiger partial charge on any atom is 0.321 e. The Morgan fingerprint density at radius 1 is 1.24 bits per heavy atom. The predicted octanol–water partition coefficient (Wildman–Crippen LogP) is 2.20. The number of hydrogen-bond acceptors (Lipinski definition) is 5. The number of nitrogens with zero attached hydrogens (tertiary/aromatic N) is 3. The standard InChI is InChI=1S/C18H28N4O3/c1-24-11-12-25-17-7-6-15(13-19-17)20-18(23)22-10-4-5-16(14-22)21-8-2-3-9-21/h6-7,13,16H,2-5,8-12,14H2,1H3,(H,20,23)/t16-/m0/s1. The minimum atomic E-state index is -0.0428. The number of carbonyl (C=O) groups is 1. The molecule has 0 saturated carbocycles. The van der Waals surface area contributed by atoms with E-state index >= 15 is 0 Å². The molecule has 0 aromatic carbocycles. The fraction of sp³-hybridized carbons (Fsp3) is 0.667. The third-order valence-corrected chi connectivity index (χ3v) is 4.87. The minimum Gasteiger partial charge on any atom is -0.475 e. The Kier molecular flexibility index (Phi) is 6.47. The lowest BCUT2D eigenvalue weighted by Crippen LogP contribution is -2.50. The first-order chi connectivity index (χ1) is 12.3. The SMILES string of the molecule is COCCOc1ccc(NC(=O)N2CCC[C@H](N3CCCC3)C2)cn1. The number of anilines is 1. The maximum atomic E-state index is 12.5. The summed E-state index contributed by atoms with van der Waals surface area (Å²) >= 11 is 0. The van der Waals surface area contributed by atoms with Crippen LogP contribution in [-0.4, -0.2) is 73.4 Å². The number of piperidine rings is 1. The summed E-state index contributed by atoms with van der Waals surface area (Å²) in [5, 5.41) is 2.94. The van der Waals surface area contributed by atoms with E-state index in [0.29, 0.717) is 30.8 Å². The van der Waals surface area contributed by atoms with Crippen molar-refractivity contribution in [3.8, 4) is 5.88 Å². The first-order valence-electron chi connectivity index (χ1n) is 9.14. The van der Waals surface area contributed by atoms with Gasteiger partial charge in [0.15, 0.2) is 0 Å². The third kappa shape index (κ3) is 5.06. The highest BCUT2D eigenvalue weighted by atomic mass is 16.5. The van der Waals surface area contributed by atoms with E-state index < -0.39 is 0 Å². The van der Waals surface area contributed by atoms with Crippen molar-refractivity contribution >= 4 is 11.7 Å². The van der Waals surface area contributed by atoms with Crippen LogP contribution in [0.4, 0.5) is 10.5 Å². The van der Waals surface area contributed by atoms with Gasteiger partial charge in [-0.2, -0.15) is 0 Å². The smallest absolute Gasteiger partial charge is 0.321 e. The molecule has 3 rings (SSSR count). The minimum absolute atomic E-state index is 0.0428. The molecule has 2 aliphatic rings. The molecule has 1 aromatic rings. The summed E-state index contributed by atoms with van der Waals surface area (Å²) in [5.41, 5.74) is 0.687. The highest BCUT2D eigenvalue weighted by Crippen LogP contribution is 2.21. The topological polar surface area (TPSA) is 66.9 Å². The molecular weight excluding hydrogens is 320 g/mol. The molecule has 0 aliphatic carbocycles. The van der Waals surface area contributed by atoms with E-state index in [1.165, 1.54) is 32.4 Å². The summed E-state index contributed by atoms with van der Waals surface area (Å²) in [6, 6.07) is 4.04. The number of pyridine rings is 1. The number of methoxy groups -OCH3 is 1. The van der Waals surface area contributed by atoms with E-state index in [4.69, 9.17) is 9.47 Å². The number of rotatable bonds is 6. The van der Waals surface area contributed by atoms with Gasteiger partial charge in [-0.05, 0) is 44.8 Å². The van der Waals surface area contributed by atoms with Crippen molar-refractivity contribution in [1.29, 1.82) is 0 Å². The number of carbonyl (C=O) groups excluding carboxylic acids is 1. The van der Waals surface area contributed by atoms with Gasteiger partial charge >= 0.3 is 6.03 Å². The Morgan fingerprint density at radius 3 is 2.80 bits per heavy atom. The van der Waals surface area contributed by atoms with Crippen LogP contribution in [0.3, 0.4) is 0 Å². The van der Waals surface area contributed by atoms with Crippen molar-refractivity contribution in [2.24, 2.45) is 0 Å². The molecule has 1 aromatic heterocycles. The van der Waals surface area contributed by atoms with Gasteiger partial charge in [0, 0.05) is 32.3 Å². The van der Waals surface area contributed by atoms with Crippen molar-refractivity contribution in [1.82, 2.24) is 14.8 Å². The molecule has 25 heavy (non-hydrogen) atoms. The molecule has 7 heteroatoms. The quantitative estimate of drug-likeness (QED) is 0.799. The molecule has 2 aliphatic heterocycles. The highest BCUT2D eigenvalue weighted by molar-refractivity contribution is 5.89. The van der Waals surface area contributed by atoms with Crippen LogP contribution in [0.5, 0.6) is 5.88 Å². The van der Waals surface area contributed by atoms with Crippen LogP contribution in [0.15, 0.2) is 18.3 Å². The zero-order chi connectivity index (χ0) is 17.5. The predicted molar refractivity (Wildman–Crippen MR) is 96.0 cm³/mol. The zero-order valence-electron chi connectivity index (χ0n) is 14.9. The Morgan fingerprint density at radius 2 is 2.08 bits per heavy atom. The molecule has 138 valence electrons. The molecule has 1 atom stereocenters. The summed E-state index contributed by atoms with van der Waals surface area (Å²) in [7, 11) is 1.63. The Balaban J connectivity index is 1.49. The number of likely N-dealkylation sites (tertiary alicyclic amines) is 2. The van der Waals surface area contributed by atoms with Gasteiger partial charge in [0.1, 0.15) is 6.61 Å². The lowest BCUT2D eigenvalue weighted by molar-refractivity contribution is 0.131. The second kappa shape index (κ2) is 9.01. The fourth-order valence-electron chi connectivity index (χ4n) is 3.52. The van der Waals surface area contributed by atoms with Crippen LogP contribution < -0.4 is 10.1 Å². The Bertz CT molecular complexity index is 546. The van der Waals surface area contributed by atoms with Gasteiger partial charge in [0.05, 0.1) is 18.5 Å². The van der Waals surface area contributed by atoms with Gasteiger partial charge in [-0.15, -0.1) is 0 Å². The Labute approximate surface area is 149 Å². The van der Waals surface area contributed by atoms with E-state index in [1.807, 2.05) is 11.0 Å². The summed E-state index contributed by atoms with van der Waals surface area (Å²) in [6.45, 7) is 4.97. The molecule has 1 N–H and O–H groups in total. The molecule has 2 amide bonds. The number of ether oxygens (including phenoxy) is 2. The van der Waals surface area contributed by atoms with Crippen molar-refractivity contribution in [3.05, 3.63) is 18.3 Å². The molecule has 0 spiro atoms. The monoisotopic (exact) mass is 348 g/mol. The van der Waals surface area contributed by atoms with Crippen molar-refractivity contribution in [3.63, 3.8) is 0 Å². The second-order valence-electron chi connectivity index (χ2n) is 6.64. The van der Waals surface area contributed by atoms with E-state index in [-0.39, 0.29) is 6.03 Å². The number of urea groups is 1. The lowest BCUT2D eigenvalue weighted by atomic mass is 10.0.